The van der Waals surface area contributed by atoms with E-state index in [1.165, 1.54) is 12.1 Å². The molecule has 1 saturated heterocycles. The van der Waals surface area contributed by atoms with Gasteiger partial charge < -0.3 is 24.2 Å². The Morgan fingerprint density at radius 2 is 1.79 bits per heavy atom. The zero-order valence-electron chi connectivity index (χ0n) is 21.0. The number of aromatic nitrogens is 2. The minimum Gasteiger partial charge on any atom is -0.481 e. The van der Waals surface area contributed by atoms with Crippen molar-refractivity contribution < 1.29 is 33.7 Å². The summed E-state index contributed by atoms with van der Waals surface area (Å²) in [6.07, 6.45) is 1.45. The molecule has 0 bridgehead atoms. The van der Waals surface area contributed by atoms with Crippen LogP contribution in [0.5, 0.6) is 17.5 Å². The number of carbonyl (C=O) groups excluding carboxylic acids is 2. The summed E-state index contributed by atoms with van der Waals surface area (Å²) in [6.45, 7) is 3.64. The Bertz CT molecular complexity index is 1290. The number of carbonyl (C=O) groups is 3. The first kappa shape index (κ1) is 27.0. The van der Waals surface area contributed by atoms with Crippen molar-refractivity contribution in [1.29, 1.82) is 0 Å². The molecule has 0 aliphatic carbocycles. The highest BCUT2D eigenvalue weighted by Crippen LogP contribution is 2.26. The summed E-state index contributed by atoms with van der Waals surface area (Å²) in [5.74, 6) is -0.816. The molecule has 2 N–H and O–H groups in total. The highest BCUT2D eigenvalue weighted by atomic mass is 32.1. The van der Waals surface area contributed by atoms with Crippen LogP contribution >= 0.6 is 11.3 Å². The van der Waals surface area contributed by atoms with Crippen LogP contribution in [-0.4, -0.2) is 70.7 Å². The number of carboxylic acid groups (broad SMARTS) is 1. The summed E-state index contributed by atoms with van der Waals surface area (Å²) in [5, 5.41) is 13.4. The fourth-order valence-corrected chi connectivity index (χ4v) is 4.56. The van der Waals surface area contributed by atoms with Gasteiger partial charge in [0.05, 0.1) is 24.3 Å². The number of hydrogen-bond donors (Lipinski definition) is 2. The monoisotopic (exact) mass is 540 g/mol. The Balaban J connectivity index is 1.52. The molecule has 38 heavy (non-hydrogen) atoms. The van der Waals surface area contributed by atoms with Crippen molar-refractivity contribution in [2.45, 2.75) is 32.3 Å². The number of nitrogens with zero attached hydrogens (tertiary/aromatic N) is 3. The first-order valence-electron chi connectivity index (χ1n) is 12.0. The van der Waals surface area contributed by atoms with E-state index >= 15 is 0 Å². The first-order chi connectivity index (χ1) is 18.3. The number of nitrogens with one attached hydrogen (secondary N) is 1. The van der Waals surface area contributed by atoms with Gasteiger partial charge in [0, 0.05) is 43.3 Å². The first-order valence-corrected chi connectivity index (χ1v) is 12.9. The lowest BCUT2D eigenvalue weighted by atomic mass is 10.2. The smallest absolute Gasteiger partial charge is 0.309 e. The summed E-state index contributed by atoms with van der Waals surface area (Å²) in [6, 6.07) is 9.66. The van der Waals surface area contributed by atoms with E-state index in [0.717, 1.165) is 37.3 Å². The number of benzene rings is 1. The highest BCUT2D eigenvalue weighted by Gasteiger charge is 2.20. The second kappa shape index (κ2) is 12.5. The summed E-state index contributed by atoms with van der Waals surface area (Å²) < 4.78 is 16.8. The predicted octanol–water partition coefficient (Wildman–Crippen LogP) is 3.86. The number of carboxylic acids is 1. The van der Waals surface area contributed by atoms with Gasteiger partial charge in [0.1, 0.15) is 11.9 Å². The van der Waals surface area contributed by atoms with E-state index in [0.29, 0.717) is 23.6 Å². The Morgan fingerprint density at radius 1 is 1.08 bits per heavy atom. The molecule has 1 fully saturated rings. The average molecular weight is 541 g/mol. The van der Waals surface area contributed by atoms with E-state index in [1.807, 2.05) is 4.90 Å². The van der Waals surface area contributed by atoms with E-state index in [2.05, 4.69) is 15.3 Å². The topological polar surface area (TPSA) is 140 Å². The van der Waals surface area contributed by atoms with E-state index in [1.54, 1.807) is 43.7 Å². The maximum atomic E-state index is 13.0. The molecule has 200 valence electrons. The maximum Gasteiger partial charge on any atom is 0.309 e. The molecule has 12 heteroatoms. The lowest BCUT2D eigenvalue weighted by Crippen LogP contribution is -2.27. The van der Waals surface area contributed by atoms with Crippen LogP contribution in [0.4, 0.5) is 5.13 Å². The normalized spacial score (nSPS) is 13.7. The van der Waals surface area contributed by atoms with E-state index in [9.17, 15) is 14.4 Å². The molecule has 11 nitrogen and oxygen atoms in total. The number of ether oxygens (including phenoxy) is 3. The largest absolute Gasteiger partial charge is 0.481 e. The molecule has 4 rings (SSSR count). The van der Waals surface area contributed by atoms with Crippen LogP contribution in [0.25, 0.3) is 0 Å². The number of pyridine rings is 1. The zero-order chi connectivity index (χ0) is 27.1. The second-order valence-electron chi connectivity index (χ2n) is 8.71. The average Bonchev–Trinajstić information content (AvgIpc) is 3.56. The van der Waals surface area contributed by atoms with E-state index in [-0.39, 0.29) is 40.9 Å². The van der Waals surface area contributed by atoms with Crippen LogP contribution in [0.2, 0.25) is 0 Å². The number of rotatable bonds is 11. The van der Waals surface area contributed by atoms with Crippen molar-refractivity contribution in [3.63, 3.8) is 0 Å². The number of thiazole rings is 1. The van der Waals surface area contributed by atoms with Crippen LogP contribution in [0.15, 0.2) is 41.8 Å². The maximum absolute atomic E-state index is 13.0. The molecule has 0 saturated carbocycles. The molecule has 1 aliphatic rings. The minimum atomic E-state index is -1.01. The lowest BCUT2D eigenvalue weighted by molar-refractivity contribution is -0.136. The van der Waals surface area contributed by atoms with Crippen molar-refractivity contribution in [2.75, 3.05) is 32.1 Å². The van der Waals surface area contributed by atoms with Crippen LogP contribution < -0.4 is 14.8 Å². The van der Waals surface area contributed by atoms with Gasteiger partial charge in [-0.1, -0.05) is 0 Å². The van der Waals surface area contributed by atoms with Gasteiger partial charge >= 0.3 is 5.97 Å². The molecule has 3 aromatic rings. The number of likely N-dealkylation sites (tertiary alicyclic amines) is 1. The fourth-order valence-electron chi connectivity index (χ4n) is 3.86. The number of amides is 2. The predicted molar refractivity (Wildman–Crippen MR) is 139 cm³/mol. The SMILES string of the molecule is COC[C@@H](C)Oc1cc(C(=O)Nc2nc(CC(=O)O)cs2)cc(Oc2ccc(C(=O)N3CCCC3)cc2)n1. The van der Waals surface area contributed by atoms with Crippen LogP contribution in [0.1, 0.15) is 46.2 Å². The number of methoxy groups -OCH3 is 1. The quantitative estimate of drug-likeness (QED) is 0.371. The Hall–Kier alpha value is -4.03. The second-order valence-corrected chi connectivity index (χ2v) is 9.57. The number of aliphatic carboxylic acids is 1. The van der Waals surface area contributed by atoms with Crippen molar-refractivity contribution in [3.8, 4) is 17.5 Å². The van der Waals surface area contributed by atoms with Gasteiger partial charge in [0.25, 0.3) is 11.8 Å². The third-order valence-corrected chi connectivity index (χ3v) is 6.39. The molecule has 1 aromatic carbocycles. The molecule has 2 aromatic heterocycles. The Morgan fingerprint density at radius 3 is 2.47 bits per heavy atom. The Labute approximate surface area is 223 Å². The van der Waals surface area contributed by atoms with Crippen molar-refractivity contribution >= 4 is 34.3 Å². The summed E-state index contributed by atoms with van der Waals surface area (Å²) in [7, 11) is 1.55. The van der Waals surface area contributed by atoms with Gasteiger partial charge in [-0.25, -0.2) is 4.98 Å². The van der Waals surface area contributed by atoms with Gasteiger partial charge in [-0.05, 0) is 44.0 Å². The number of anilines is 1. The molecule has 1 aliphatic heterocycles. The van der Waals surface area contributed by atoms with E-state index < -0.39 is 11.9 Å². The van der Waals surface area contributed by atoms with Crippen LogP contribution in [0, 0.1) is 0 Å². The van der Waals surface area contributed by atoms with Crippen molar-refractivity contribution in [2.24, 2.45) is 0 Å². The third-order valence-electron chi connectivity index (χ3n) is 5.59. The Kier molecular flexibility index (Phi) is 8.87. The number of hydrogen-bond acceptors (Lipinski definition) is 9. The molecule has 0 radical (unpaired) electrons. The van der Waals surface area contributed by atoms with Gasteiger partial charge in [-0.2, -0.15) is 4.98 Å². The van der Waals surface area contributed by atoms with E-state index in [4.69, 9.17) is 19.3 Å². The third kappa shape index (κ3) is 7.26. The van der Waals surface area contributed by atoms with Gasteiger partial charge in [0.15, 0.2) is 5.13 Å². The molecular formula is C26H28N4O7S. The molecule has 0 unspecified atom stereocenters. The van der Waals surface area contributed by atoms with Gasteiger partial charge in [-0.15, -0.1) is 11.3 Å². The van der Waals surface area contributed by atoms with Gasteiger partial charge in [-0.3, -0.25) is 19.7 Å². The fraction of sp³-hybridized carbons (Fsp3) is 0.346. The minimum absolute atomic E-state index is 0.0117. The van der Waals surface area contributed by atoms with Crippen LogP contribution in [0.3, 0.4) is 0 Å². The standard InChI is InChI=1S/C26H28N4O7S/c1-16(14-35-2)36-21-11-18(24(33)29-26-27-19(15-38-26)13-23(31)32)12-22(28-21)37-20-7-5-17(6-8-20)25(34)30-9-3-4-10-30/h5-8,11-12,15-16H,3-4,9-10,13-14H2,1-2H3,(H,31,32)(H,27,29,33)/t16-/m1/s1. The lowest BCUT2D eigenvalue weighted by Gasteiger charge is -2.16. The summed E-state index contributed by atoms with van der Waals surface area (Å²) in [5.41, 5.74) is 1.12. The summed E-state index contributed by atoms with van der Waals surface area (Å²) >= 11 is 1.12. The molecule has 0 spiro atoms. The van der Waals surface area contributed by atoms with Crippen molar-refractivity contribution in [3.05, 3.63) is 58.6 Å². The zero-order valence-corrected chi connectivity index (χ0v) is 21.8. The molecule has 1 atom stereocenters. The molecule has 3 heterocycles. The van der Waals surface area contributed by atoms with Crippen LogP contribution in [-0.2, 0) is 16.0 Å². The van der Waals surface area contributed by atoms with Gasteiger partial charge in [0.2, 0.25) is 11.8 Å². The van der Waals surface area contributed by atoms with Crippen molar-refractivity contribution in [1.82, 2.24) is 14.9 Å². The molecule has 2 amide bonds. The highest BCUT2D eigenvalue weighted by molar-refractivity contribution is 7.14. The summed E-state index contributed by atoms with van der Waals surface area (Å²) in [4.78, 5) is 46.8. The molecular weight excluding hydrogens is 512 g/mol.